The van der Waals surface area contributed by atoms with Crippen LogP contribution in [0.15, 0.2) is 18.2 Å². The third-order valence-corrected chi connectivity index (χ3v) is 2.44. The first-order valence-corrected chi connectivity index (χ1v) is 5.05. The molecule has 0 unspecified atom stereocenters. The molecular weight excluding hydrogens is 227 g/mol. The van der Waals surface area contributed by atoms with E-state index in [0.717, 1.165) is 4.90 Å². The van der Waals surface area contributed by atoms with Gasteiger partial charge in [0.25, 0.3) is 11.8 Å². The summed E-state index contributed by atoms with van der Waals surface area (Å²) in [5, 5.41) is 0. The molecule has 0 bridgehead atoms. The van der Waals surface area contributed by atoms with Crippen LogP contribution in [0.3, 0.4) is 0 Å². The summed E-state index contributed by atoms with van der Waals surface area (Å²) in [5.74, 6) is -1.78. The number of rotatable bonds is 2. The van der Waals surface area contributed by atoms with Crippen LogP contribution in [-0.2, 0) is 20.9 Å². The van der Waals surface area contributed by atoms with Gasteiger partial charge in [0.05, 0.1) is 5.69 Å². The van der Waals surface area contributed by atoms with Crippen LogP contribution in [-0.4, -0.2) is 25.0 Å². The van der Waals surface area contributed by atoms with Crippen molar-refractivity contribution >= 4 is 17.5 Å². The average Bonchev–Trinajstić information content (AvgIpc) is 2.30. The predicted octanol–water partition coefficient (Wildman–Crippen LogP) is 0.174. The zero-order valence-corrected chi connectivity index (χ0v) is 8.98. The second-order valence-electron chi connectivity index (χ2n) is 3.61. The van der Waals surface area contributed by atoms with Crippen molar-refractivity contribution in [3.8, 4) is 0 Å². The number of carbonyl (C=O) groups is 2. The highest BCUT2D eigenvalue weighted by Gasteiger charge is 2.30. The van der Waals surface area contributed by atoms with Gasteiger partial charge in [-0.25, -0.2) is 9.29 Å². The Balaban J connectivity index is 2.38. The summed E-state index contributed by atoms with van der Waals surface area (Å²) in [6.45, 7) is -0.240. The molecule has 1 heterocycles. The summed E-state index contributed by atoms with van der Waals surface area (Å²) >= 11 is 0. The summed E-state index contributed by atoms with van der Waals surface area (Å²) in [6, 6.07) is 4.17. The van der Waals surface area contributed by atoms with Gasteiger partial charge in [-0.3, -0.25) is 9.59 Å². The number of morpholine rings is 1. The van der Waals surface area contributed by atoms with E-state index in [1.54, 1.807) is 6.07 Å². The molecule has 1 saturated heterocycles. The Kier molecular flexibility index (Phi) is 3.16. The van der Waals surface area contributed by atoms with Gasteiger partial charge in [0, 0.05) is 6.54 Å². The van der Waals surface area contributed by atoms with E-state index in [9.17, 15) is 14.0 Å². The first kappa shape index (κ1) is 11.7. The zero-order valence-electron chi connectivity index (χ0n) is 8.98. The standard InChI is InChI=1S/C11H11FN2O3/c12-8-3-7(4-13)1-2-9(8)14-10(15)5-17-6-11(14)16/h1-3H,4-6,13H2. The summed E-state index contributed by atoms with van der Waals surface area (Å²) in [7, 11) is 0. The number of imide groups is 1. The van der Waals surface area contributed by atoms with Crippen LogP contribution < -0.4 is 10.6 Å². The third-order valence-electron chi connectivity index (χ3n) is 2.44. The van der Waals surface area contributed by atoms with Crippen molar-refractivity contribution in [1.82, 2.24) is 0 Å². The van der Waals surface area contributed by atoms with E-state index in [0.29, 0.717) is 5.56 Å². The monoisotopic (exact) mass is 238 g/mol. The third kappa shape index (κ3) is 2.17. The van der Waals surface area contributed by atoms with Gasteiger partial charge in [-0.1, -0.05) is 6.07 Å². The maximum Gasteiger partial charge on any atom is 0.259 e. The summed E-state index contributed by atoms with van der Waals surface area (Å²) in [5.41, 5.74) is 5.91. The van der Waals surface area contributed by atoms with Crippen molar-refractivity contribution in [2.45, 2.75) is 6.54 Å². The molecule has 2 rings (SSSR count). The molecule has 90 valence electrons. The van der Waals surface area contributed by atoms with Gasteiger partial charge < -0.3 is 10.5 Å². The molecule has 2 N–H and O–H groups in total. The quantitative estimate of drug-likeness (QED) is 0.746. The molecule has 1 fully saturated rings. The number of nitrogens with zero attached hydrogens (tertiary/aromatic N) is 1. The molecule has 0 aliphatic carbocycles. The van der Waals surface area contributed by atoms with E-state index >= 15 is 0 Å². The van der Waals surface area contributed by atoms with Crippen molar-refractivity contribution in [1.29, 1.82) is 0 Å². The van der Waals surface area contributed by atoms with Crippen LogP contribution in [0, 0.1) is 5.82 Å². The van der Waals surface area contributed by atoms with Crippen molar-refractivity contribution in [3.63, 3.8) is 0 Å². The van der Waals surface area contributed by atoms with Crippen LogP contribution in [0.1, 0.15) is 5.56 Å². The van der Waals surface area contributed by atoms with Crippen LogP contribution in [0.25, 0.3) is 0 Å². The largest absolute Gasteiger partial charge is 0.362 e. The molecule has 1 aliphatic heterocycles. The molecule has 1 aromatic rings. The first-order chi connectivity index (χ1) is 8.13. The van der Waals surface area contributed by atoms with Gasteiger partial charge in [0.15, 0.2) is 0 Å². The summed E-state index contributed by atoms with van der Waals surface area (Å²) < 4.78 is 18.5. The first-order valence-electron chi connectivity index (χ1n) is 5.05. The minimum atomic E-state index is -0.642. The van der Waals surface area contributed by atoms with Gasteiger partial charge in [-0.2, -0.15) is 0 Å². The van der Waals surface area contributed by atoms with E-state index < -0.39 is 17.6 Å². The normalized spacial score (nSPS) is 16.5. The van der Waals surface area contributed by atoms with Gasteiger partial charge >= 0.3 is 0 Å². The Bertz CT molecular complexity index is 460. The van der Waals surface area contributed by atoms with E-state index in [1.165, 1.54) is 12.1 Å². The highest BCUT2D eigenvalue weighted by Crippen LogP contribution is 2.22. The van der Waals surface area contributed by atoms with Gasteiger partial charge in [0.2, 0.25) is 0 Å². The summed E-state index contributed by atoms with van der Waals surface area (Å²) in [6.07, 6.45) is 0. The molecule has 2 amide bonds. The van der Waals surface area contributed by atoms with E-state index in [1.807, 2.05) is 0 Å². The van der Waals surface area contributed by atoms with Crippen molar-refractivity contribution in [2.75, 3.05) is 18.1 Å². The molecule has 0 aromatic heterocycles. The van der Waals surface area contributed by atoms with Crippen molar-refractivity contribution in [3.05, 3.63) is 29.6 Å². The van der Waals surface area contributed by atoms with E-state index in [2.05, 4.69) is 0 Å². The van der Waals surface area contributed by atoms with Crippen LogP contribution >= 0.6 is 0 Å². The number of ether oxygens (including phenoxy) is 1. The lowest BCUT2D eigenvalue weighted by molar-refractivity contribution is -0.138. The molecule has 0 atom stereocenters. The second kappa shape index (κ2) is 4.60. The van der Waals surface area contributed by atoms with Crippen molar-refractivity contribution < 1.29 is 18.7 Å². The Morgan fingerprint density at radius 1 is 1.29 bits per heavy atom. The van der Waals surface area contributed by atoms with E-state index in [-0.39, 0.29) is 25.4 Å². The Labute approximate surface area is 97.0 Å². The molecular formula is C11H11FN2O3. The van der Waals surface area contributed by atoms with Crippen LogP contribution in [0.2, 0.25) is 0 Å². The van der Waals surface area contributed by atoms with Crippen LogP contribution in [0.4, 0.5) is 10.1 Å². The fraction of sp³-hybridized carbons (Fsp3) is 0.273. The number of halogens is 1. The van der Waals surface area contributed by atoms with Crippen molar-refractivity contribution in [2.24, 2.45) is 5.73 Å². The molecule has 0 radical (unpaired) electrons. The molecule has 6 heteroatoms. The Morgan fingerprint density at radius 2 is 1.94 bits per heavy atom. The number of anilines is 1. The fourth-order valence-electron chi connectivity index (χ4n) is 1.62. The summed E-state index contributed by atoms with van der Waals surface area (Å²) in [4.78, 5) is 23.8. The lowest BCUT2D eigenvalue weighted by Crippen LogP contribution is -2.46. The minimum Gasteiger partial charge on any atom is -0.362 e. The zero-order chi connectivity index (χ0) is 12.4. The maximum atomic E-state index is 13.7. The van der Waals surface area contributed by atoms with Gasteiger partial charge in [-0.05, 0) is 17.7 Å². The van der Waals surface area contributed by atoms with Gasteiger partial charge in [-0.15, -0.1) is 0 Å². The Hall–Kier alpha value is -1.79. The number of hydrogen-bond donors (Lipinski definition) is 1. The lowest BCUT2D eigenvalue weighted by atomic mass is 10.1. The highest BCUT2D eigenvalue weighted by atomic mass is 19.1. The lowest BCUT2D eigenvalue weighted by Gasteiger charge is -2.25. The van der Waals surface area contributed by atoms with Crippen LogP contribution in [0.5, 0.6) is 0 Å². The fourth-order valence-corrected chi connectivity index (χ4v) is 1.62. The Morgan fingerprint density at radius 3 is 2.47 bits per heavy atom. The topological polar surface area (TPSA) is 72.6 Å². The second-order valence-corrected chi connectivity index (χ2v) is 3.61. The molecule has 0 spiro atoms. The molecule has 17 heavy (non-hydrogen) atoms. The number of amides is 2. The molecule has 0 saturated carbocycles. The number of nitrogens with two attached hydrogens (primary N) is 1. The highest BCUT2D eigenvalue weighted by molar-refractivity contribution is 6.17. The van der Waals surface area contributed by atoms with Gasteiger partial charge in [0.1, 0.15) is 19.0 Å². The maximum absolute atomic E-state index is 13.7. The minimum absolute atomic E-state index is 0.0551. The average molecular weight is 238 g/mol. The SMILES string of the molecule is NCc1ccc(N2C(=O)COCC2=O)c(F)c1. The smallest absolute Gasteiger partial charge is 0.259 e. The number of carbonyl (C=O) groups excluding carboxylic acids is 2. The number of hydrogen-bond acceptors (Lipinski definition) is 4. The molecule has 5 nitrogen and oxygen atoms in total. The predicted molar refractivity (Wildman–Crippen MR) is 57.6 cm³/mol. The van der Waals surface area contributed by atoms with E-state index in [4.69, 9.17) is 10.5 Å². The number of benzene rings is 1. The molecule has 1 aliphatic rings. The molecule has 1 aromatic carbocycles.